The van der Waals surface area contributed by atoms with E-state index >= 15 is 0 Å². The molecule has 0 spiro atoms. The van der Waals surface area contributed by atoms with Crippen LogP contribution in [0.2, 0.25) is 0 Å². The molecule has 0 fully saturated rings. The Balaban J connectivity index is 1.89. The van der Waals surface area contributed by atoms with Crippen molar-refractivity contribution in [3.8, 4) is 10.6 Å². The number of thiophene rings is 1. The van der Waals surface area contributed by atoms with Gasteiger partial charge in [-0.2, -0.15) is 26.3 Å². The van der Waals surface area contributed by atoms with E-state index in [0.717, 1.165) is 11.3 Å². The molecule has 146 valence electrons. The molecule has 3 aromatic rings. The number of carbonyl (C=O) groups excluding carboxylic acids is 1. The van der Waals surface area contributed by atoms with Gasteiger partial charge in [0.15, 0.2) is 0 Å². The quantitative estimate of drug-likeness (QED) is 0.524. The molecule has 1 aromatic carbocycles. The topological polar surface area (TPSA) is 42.0 Å². The second-order valence-corrected chi connectivity index (χ2v) is 6.71. The van der Waals surface area contributed by atoms with Crippen molar-refractivity contribution in [3.63, 3.8) is 0 Å². The van der Waals surface area contributed by atoms with E-state index in [1.54, 1.807) is 30.5 Å². The molecular formula is C18H10F6N2OS. The largest absolute Gasteiger partial charge is 0.416 e. The number of nitrogens with zero attached hydrogens (tertiary/aromatic N) is 1. The molecule has 0 aliphatic heterocycles. The summed E-state index contributed by atoms with van der Waals surface area (Å²) in [6.07, 6.45) is -8.43. The molecule has 0 aliphatic carbocycles. The fraction of sp³-hybridized carbons (Fsp3) is 0.111. The van der Waals surface area contributed by atoms with Gasteiger partial charge in [0.25, 0.3) is 5.91 Å². The van der Waals surface area contributed by atoms with Gasteiger partial charge in [0.05, 0.1) is 26.6 Å². The highest BCUT2D eigenvalue weighted by atomic mass is 32.1. The molecule has 0 radical (unpaired) electrons. The van der Waals surface area contributed by atoms with Crippen molar-refractivity contribution in [1.82, 2.24) is 4.98 Å². The van der Waals surface area contributed by atoms with Crippen LogP contribution in [0.4, 0.5) is 32.0 Å². The van der Waals surface area contributed by atoms with Crippen molar-refractivity contribution in [2.45, 2.75) is 12.4 Å². The zero-order valence-electron chi connectivity index (χ0n) is 13.7. The van der Waals surface area contributed by atoms with Crippen LogP contribution in [0.3, 0.4) is 0 Å². The zero-order valence-corrected chi connectivity index (χ0v) is 14.5. The number of pyridine rings is 1. The van der Waals surface area contributed by atoms with Crippen LogP contribution in [0.5, 0.6) is 0 Å². The molecule has 2 heterocycles. The summed E-state index contributed by atoms with van der Waals surface area (Å²) in [6, 6.07) is 9.08. The van der Waals surface area contributed by atoms with Crippen LogP contribution in [0.1, 0.15) is 20.8 Å². The standard InChI is InChI=1S/C18H10F6N2OS/c19-17(20,21)10-7-11(18(22,23)24)9-12(8-10)26-16(27)15-5-4-14(28-15)13-3-1-2-6-25-13/h1-9H,(H,26,27). The van der Waals surface area contributed by atoms with E-state index in [0.29, 0.717) is 22.7 Å². The monoisotopic (exact) mass is 416 g/mol. The Hall–Kier alpha value is -2.88. The van der Waals surface area contributed by atoms with Crippen LogP contribution in [0.25, 0.3) is 10.6 Å². The summed E-state index contributed by atoms with van der Waals surface area (Å²) in [5, 5.41) is 2.10. The normalized spacial score (nSPS) is 12.1. The molecule has 0 bridgehead atoms. The van der Waals surface area contributed by atoms with E-state index in [4.69, 9.17) is 0 Å². The van der Waals surface area contributed by atoms with Gasteiger partial charge in [-0.1, -0.05) is 6.07 Å². The fourth-order valence-electron chi connectivity index (χ4n) is 2.33. The molecule has 10 heteroatoms. The summed E-state index contributed by atoms with van der Waals surface area (Å²) < 4.78 is 77.4. The van der Waals surface area contributed by atoms with E-state index in [1.807, 2.05) is 0 Å². The lowest BCUT2D eigenvalue weighted by atomic mass is 10.1. The molecule has 0 saturated carbocycles. The SMILES string of the molecule is O=C(Nc1cc(C(F)(F)F)cc(C(F)(F)F)c1)c1ccc(-c2ccccn2)s1. The molecule has 2 aromatic heterocycles. The molecule has 0 aliphatic rings. The average Bonchev–Trinajstić information content (AvgIpc) is 3.11. The fourth-order valence-corrected chi connectivity index (χ4v) is 3.20. The third kappa shape index (κ3) is 4.50. The second-order valence-electron chi connectivity index (χ2n) is 5.63. The lowest BCUT2D eigenvalue weighted by Gasteiger charge is -2.14. The van der Waals surface area contributed by atoms with E-state index in [-0.39, 0.29) is 10.9 Å². The van der Waals surface area contributed by atoms with Gasteiger partial charge in [-0.15, -0.1) is 11.3 Å². The number of amides is 1. The van der Waals surface area contributed by atoms with E-state index in [1.165, 1.54) is 6.07 Å². The van der Waals surface area contributed by atoms with Crippen LogP contribution < -0.4 is 5.32 Å². The predicted octanol–water partition coefficient (Wildman–Crippen LogP) is 6.10. The van der Waals surface area contributed by atoms with Crippen LogP contribution in [-0.2, 0) is 12.4 Å². The lowest BCUT2D eigenvalue weighted by molar-refractivity contribution is -0.143. The summed E-state index contributed by atoms with van der Waals surface area (Å²) in [7, 11) is 0. The van der Waals surface area contributed by atoms with Gasteiger partial charge in [0.2, 0.25) is 0 Å². The Kier molecular flexibility index (Phi) is 5.16. The lowest BCUT2D eigenvalue weighted by Crippen LogP contribution is -2.15. The third-order valence-electron chi connectivity index (χ3n) is 3.59. The number of anilines is 1. The van der Waals surface area contributed by atoms with Crippen molar-refractivity contribution in [3.05, 3.63) is 70.7 Å². The van der Waals surface area contributed by atoms with Gasteiger partial charge in [0, 0.05) is 11.9 Å². The second kappa shape index (κ2) is 7.27. The number of aromatic nitrogens is 1. The van der Waals surface area contributed by atoms with Crippen molar-refractivity contribution < 1.29 is 31.1 Å². The molecule has 0 atom stereocenters. The predicted molar refractivity (Wildman–Crippen MR) is 91.9 cm³/mol. The number of halogens is 6. The first-order valence-electron chi connectivity index (χ1n) is 7.66. The highest BCUT2D eigenvalue weighted by Crippen LogP contribution is 2.37. The molecule has 28 heavy (non-hydrogen) atoms. The van der Waals surface area contributed by atoms with Crippen molar-refractivity contribution in [1.29, 1.82) is 0 Å². The molecule has 1 amide bonds. The maximum atomic E-state index is 12.9. The van der Waals surface area contributed by atoms with Crippen LogP contribution in [0.15, 0.2) is 54.7 Å². The van der Waals surface area contributed by atoms with Gasteiger partial charge < -0.3 is 5.32 Å². The molecule has 0 unspecified atom stereocenters. The van der Waals surface area contributed by atoms with Crippen LogP contribution >= 0.6 is 11.3 Å². The summed E-state index contributed by atoms with van der Waals surface area (Å²) in [5.74, 6) is -0.820. The third-order valence-corrected chi connectivity index (χ3v) is 4.70. The number of hydrogen-bond donors (Lipinski definition) is 1. The number of alkyl halides is 6. The highest BCUT2D eigenvalue weighted by molar-refractivity contribution is 7.17. The maximum absolute atomic E-state index is 12.9. The minimum Gasteiger partial charge on any atom is -0.321 e. The number of carbonyl (C=O) groups is 1. The smallest absolute Gasteiger partial charge is 0.321 e. The molecule has 0 saturated heterocycles. The molecule has 1 N–H and O–H groups in total. The van der Waals surface area contributed by atoms with Gasteiger partial charge in [-0.3, -0.25) is 9.78 Å². The number of nitrogens with one attached hydrogen (secondary N) is 1. The van der Waals surface area contributed by atoms with E-state index in [9.17, 15) is 31.1 Å². The highest BCUT2D eigenvalue weighted by Gasteiger charge is 2.37. The summed E-state index contributed by atoms with van der Waals surface area (Å²) >= 11 is 1.01. The van der Waals surface area contributed by atoms with Crippen molar-refractivity contribution in [2.75, 3.05) is 5.32 Å². The van der Waals surface area contributed by atoms with Crippen LogP contribution in [0, 0.1) is 0 Å². The summed E-state index contributed by atoms with van der Waals surface area (Å²) in [6.45, 7) is 0. The zero-order chi connectivity index (χ0) is 20.5. The van der Waals surface area contributed by atoms with Gasteiger partial charge in [-0.25, -0.2) is 0 Å². The Labute approximate surface area is 158 Å². The molecule has 3 nitrogen and oxygen atoms in total. The Bertz CT molecular complexity index is 963. The van der Waals surface area contributed by atoms with E-state index in [2.05, 4.69) is 10.3 Å². The van der Waals surface area contributed by atoms with E-state index < -0.39 is 35.1 Å². The molecular weight excluding hydrogens is 406 g/mol. The minimum atomic E-state index is -4.99. The Morgan fingerprint density at radius 3 is 2.07 bits per heavy atom. The average molecular weight is 416 g/mol. The summed E-state index contributed by atoms with van der Waals surface area (Å²) in [5.41, 5.74) is -3.01. The first kappa shape index (κ1) is 19.9. The number of benzene rings is 1. The van der Waals surface area contributed by atoms with Gasteiger partial charge in [-0.05, 0) is 42.5 Å². The van der Waals surface area contributed by atoms with Crippen molar-refractivity contribution >= 4 is 22.9 Å². The van der Waals surface area contributed by atoms with Crippen LogP contribution in [-0.4, -0.2) is 10.9 Å². The maximum Gasteiger partial charge on any atom is 0.416 e. The number of hydrogen-bond acceptors (Lipinski definition) is 3. The minimum absolute atomic E-state index is 0.0000239. The number of rotatable bonds is 3. The van der Waals surface area contributed by atoms with Gasteiger partial charge in [0.1, 0.15) is 0 Å². The summed E-state index contributed by atoms with van der Waals surface area (Å²) in [4.78, 5) is 17.2. The first-order valence-corrected chi connectivity index (χ1v) is 8.48. The molecule has 3 rings (SSSR count). The Morgan fingerprint density at radius 1 is 0.893 bits per heavy atom. The Morgan fingerprint density at radius 2 is 1.54 bits per heavy atom. The first-order chi connectivity index (χ1) is 13.0. The van der Waals surface area contributed by atoms with Gasteiger partial charge >= 0.3 is 12.4 Å². The van der Waals surface area contributed by atoms with Crippen molar-refractivity contribution in [2.24, 2.45) is 0 Å².